The average Bonchev–Trinajstić information content (AvgIpc) is 3.05. The third-order valence-electron chi connectivity index (χ3n) is 5.34. The van der Waals surface area contributed by atoms with Gasteiger partial charge in [-0.3, -0.25) is 14.5 Å². The Bertz CT molecular complexity index is 1060. The van der Waals surface area contributed by atoms with E-state index < -0.39 is 0 Å². The summed E-state index contributed by atoms with van der Waals surface area (Å²) in [6.45, 7) is 5.60. The highest BCUT2D eigenvalue weighted by atomic mass is 16.6. The lowest BCUT2D eigenvalue weighted by Gasteiger charge is -2.19. The van der Waals surface area contributed by atoms with E-state index >= 15 is 0 Å². The lowest BCUT2D eigenvalue weighted by Crippen LogP contribution is -2.34. The minimum absolute atomic E-state index is 0.0930. The molecule has 1 N–H and O–H groups in total. The summed E-state index contributed by atoms with van der Waals surface area (Å²) in [5.74, 6) is 1.20. The van der Waals surface area contributed by atoms with Crippen molar-refractivity contribution in [3.63, 3.8) is 0 Å². The summed E-state index contributed by atoms with van der Waals surface area (Å²) in [5.41, 5.74) is 1.82. The highest BCUT2D eigenvalue weighted by molar-refractivity contribution is 6.36. The Morgan fingerprint density at radius 2 is 1.73 bits per heavy atom. The Morgan fingerprint density at radius 3 is 2.42 bits per heavy atom. The van der Waals surface area contributed by atoms with Gasteiger partial charge in [0.15, 0.2) is 11.5 Å². The first-order valence-electron chi connectivity index (χ1n) is 11.0. The second-order valence-corrected chi connectivity index (χ2v) is 8.00. The van der Waals surface area contributed by atoms with Gasteiger partial charge in [0.25, 0.3) is 11.8 Å². The van der Waals surface area contributed by atoms with E-state index in [0.717, 1.165) is 0 Å². The number of anilines is 1. The van der Waals surface area contributed by atoms with E-state index in [2.05, 4.69) is 5.32 Å². The van der Waals surface area contributed by atoms with Crippen LogP contribution in [-0.4, -0.2) is 56.3 Å². The van der Waals surface area contributed by atoms with E-state index in [1.54, 1.807) is 49.6 Å². The molecule has 33 heavy (non-hydrogen) atoms. The molecule has 0 unspecified atom stereocenters. The number of fused-ring (bicyclic) bond motifs is 1. The van der Waals surface area contributed by atoms with Crippen molar-refractivity contribution in [1.82, 2.24) is 4.90 Å². The predicted molar refractivity (Wildman–Crippen MR) is 123 cm³/mol. The topological polar surface area (TPSA) is 86.3 Å². The molecule has 2 heterocycles. The molecular weight excluding hydrogens is 424 g/mol. The fraction of sp³-hybridized carbons (Fsp3) is 0.360. The Labute approximate surface area is 193 Å². The summed E-state index contributed by atoms with van der Waals surface area (Å²) in [5, 5.41) is 3.16. The number of hydrogen-bond acceptors (Lipinski definition) is 7. The van der Waals surface area contributed by atoms with Crippen molar-refractivity contribution in [2.45, 2.75) is 26.4 Å². The maximum absolute atomic E-state index is 13.3. The molecule has 0 bridgehead atoms. The van der Waals surface area contributed by atoms with Crippen molar-refractivity contribution in [2.24, 2.45) is 0 Å². The molecule has 0 saturated carbocycles. The Kier molecular flexibility index (Phi) is 6.84. The Morgan fingerprint density at radius 1 is 1.00 bits per heavy atom. The molecule has 0 spiro atoms. The third-order valence-corrected chi connectivity index (χ3v) is 5.34. The van der Waals surface area contributed by atoms with Crippen molar-refractivity contribution in [1.29, 1.82) is 0 Å². The quantitative estimate of drug-likeness (QED) is 0.461. The molecule has 0 radical (unpaired) electrons. The smallest absolute Gasteiger partial charge is 0.278 e. The van der Waals surface area contributed by atoms with Gasteiger partial charge >= 0.3 is 0 Å². The molecule has 174 valence electrons. The largest absolute Gasteiger partial charge is 0.497 e. The first-order chi connectivity index (χ1) is 16.0. The SMILES string of the molecule is COc1ccc(C2=C(Nc3ccc4c(c3)OCCO4)C(=O)N(CCCOC(C)C)C2=O)cc1. The van der Waals surface area contributed by atoms with Crippen LogP contribution in [0.3, 0.4) is 0 Å². The molecule has 0 aromatic heterocycles. The zero-order chi connectivity index (χ0) is 23.4. The van der Waals surface area contributed by atoms with Crippen LogP contribution in [-0.2, 0) is 14.3 Å². The molecule has 2 aliphatic heterocycles. The second-order valence-electron chi connectivity index (χ2n) is 8.00. The number of rotatable bonds is 9. The molecule has 2 aliphatic rings. The van der Waals surface area contributed by atoms with E-state index in [4.69, 9.17) is 18.9 Å². The van der Waals surface area contributed by atoms with Crippen LogP contribution >= 0.6 is 0 Å². The van der Waals surface area contributed by atoms with Gasteiger partial charge in [-0.1, -0.05) is 12.1 Å². The number of imide groups is 1. The number of carbonyl (C=O) groups excluding carboxylic acids is 2. The number of benzene rings is 2. The second kappa shape index (κ2) is 9.95. The summed E-state index contributed by atoms with van der Waals surface area (Å²) in [7, 11) is 1.58. The van der Waals surface area contributed by atoms with Crippen LogP contribution < -0.4 is 19.5 Å². The normalized spacial score (nSPS) is 15.5. The highest BCUT2D eigenvalue weighted by Gasteiger charge is 2.39. The van der Waals surface area contributed by atoms with Crippen LogP contribution in [0.25, 0.3) is 5.57 Å². The zero-order valence-corrected chi connectivity index (χ0v) is 19.1. The summed E-state index contributed by atoms with van der Waals surface area (Å²) >= 11 is 0. The van der Waals surface area contributed by atoms with Gasteiger partial charge in [0.05, 0.1) is 18.8 Å². The lowest BCUT2D eigenvalue weighted by atomic mass is 10.0. The van der Waals surface area contributed by atoms with Gasteiger partial charge in [0.1, 0.15) is 24.7 Å². The highest BCUT2D eigenvalue weighted by Crippen LogP contribution is 2.35. The van der Waals surface area contributed by atoms with Crippen molar-refractivity contribution in [3.8, 4) is 17.2 Å². The zero-order valence-electron chi connectivity index (χ0n) is 19.1. The minimum Gasteiger partial charge on any atom is -0.497 e. The number of ether oxygens (including phenoxy) is 4. The summed E-state index contributed by atoms with van der Waals surface area (Å²) in [6, 6.07) is 12.4. The van der Waals surface area contributed by atoms with Gasteiger partial charge < -0.3 is 24.3 Å². The fourth-order valence-electron chi connectivity index (χ4n) is 3.73. The number of amides is 2. The van der Waals surface area contributed by atoms with Crippen LogP contribution in [0.5, 0.6) is 17.2 Å². The van der Waals surface area contributed by atoms with Crippen LogP contribution in [0.1, 0.15) is 25.8 Å². The molecule has 0 atom stereocenters. The summed E-state index contributed by atoms with van der Waals surface area (Å²) in [4.78, 5) is 27.9. The molecule has 0 saturated heterocycles. The van der Waals surface area contributed by atoms with Gasteiger partial charge in [-0.15, -0.1) is 0 Å². The van der Waals surface area contributed by atoms with Crippen molar-refractivity contribution in [3.05, 3.63) is 53.7 Å². The van der Waals surface area contributed by atoms with Crippen molar-refractivity contribution >= 4 is 23.1 Å². The van der Waals surface area contributed by atoms with E-state index in [1.165, 1.54) is 4.90 Å². The molecule has 0 aliphatic carbocycles. The molecule has 2 aromatic rings. The first-order valence-corrected chi connectivity index (χ1v) is 11.0. The maximum Gasteiger partial charge on any atom is 0.278 e. The number of nitrogens with one attached hydrogen (secondary N) is 1. The van der Waals surface area contributed by atoms with Gasteiger partial charge in [-0.2, -0.15) is 0 Å². The maximum atomic E-state index is 13.3. The Balaban J connectivity index is 1.63. The predicted octanol–water partition coefficient (Wildman–Crippen LogP) is 3.47. The monoisotopic (exact) mass is 452 g/mol. The van der Waals surface area contributed by atoms with Gasteiger partial charge in [0.2, 0.25) is 0 Å². The van der Waals surface area contributed by atoms with Crippen LogP contribution in [0.2, 0.25) is 0 Å². The summed E-state index contributed by atoms with van der Waals surface area (Å²) in [6.07, 6.45) is 0.651. The number of carbonyl (C=O) groups is 2. The van der Waals surface area contributed by atoms with Crippen molar-refractivity contribution < 1.29 is 28.5 Å². The van der Waals surface area contributed by atoms with E-state index in [0.29, 0.717) is 60.3 Å². The molecule has 8 nitrogen and oxygen atoms in total. The van der Waals surface area contributed by atoms with Gasteiger partial charge in [0, 0.05) is 24.9 Å². The van der Waals surface area contributed by atoms with Crippen LogP contribution in [0.15, 0.2) is 48.2 Å². The minimum atomic E-state index is -0.370. The number of hydrogen-bond donors (Lipinski definition) is 1. The van der Waals surface area contributed by atoms with Crippen LogP contribution in [0.4, 0.5) is 5.69 Å². The molecule has 2 amide bonds. The van der Waals surface area contributed by atoms with Gasteiger partial charge in [-0.25, -0.2) is 0 Å². The molecule has 0 fully saturated rings. The van der Waals surface area contributed by atoms with E-state index in [1.807, 2.05) is 13.8 Å². The van der Waals surface area contributed by atoms with Crippen LogP contribution in [0, 0.1) is 0 Å². The fourth-order valence-corrected chi connectivity index (χ4v) is 3.73. The number of nitrogens with zero attached hydrogens (tertiary/aromatic N) is 1. The molecule has 4 rings (SSSR count). The standard InChI is InChI=1S/C25H28N2O6/c1-16(2)31-12-4-11-27-24(28)22(17-5-8-19(30-3)9-6-17)23(25(27)29)26-18-7-10-20-21(15-18)33-14-13-32-20/h5-10,15-16,26H,4,11-14H2,1-3H3. The first kappa shape index (κ1) is 22.7. The lowest BCUT2D eigenvalue weighted by molar-refractivity contribution is -0.137. The Hall–Kier alpha value is -3.52. The number of methoxy groups -OCH3 is 1. The van der Waals surface area contributed by atoms with Gasteiger partial charge in [-0.05, 0) is 50.1 Å². The molecular formula is C25H28N2O6. The van der Waals surface area contributed by atoms with Crippen molar-refractivity contribution in [2.75, 3.05) is 38.8 Å². The van der Waals surface area contributed by atoms with E-state index in [9.17, 15) is 9.59 Å². The third kappa shape index (κ3) is 4.96. The molecule has 8 heteroatoms. The van der Waals surface area contributed by atoms with E-state index in [-0.39, 0.29) is 30.2 Å². The summed E-state index contributed by atoms with van der Waals surface area (Å²) < 4.78 is 22.0. The molecule has 2 aromatic carbocycles. The average molecular weight is 453 g/mol.